The zero-order valence-electron chi connectivity index (χ0n) is 15.6. The van der Waals surface area contributed by atoms with E-state index < -0.39 is 0 Å². The average Bonchev–Trinajstić information content (AvgIpc) is 2.70. The van der Waals surface area contributed by atoms with E-state index in [0.717, 1.165) is 36.2 Å². The van der Waals surface area contributed by atoms with Gasteiger partial charge in [-0.1, -0.05) is 43.7 Å². The van der Waals surface area contributed by atoms with E-state index in [1.165, 1.54) is 0 Å². The minimum Gasteiger partial charge on any atom is -0.343 e. The summed E-state index contributed by atoms with van der Waals surface area (Å²) in [7, 11) is 1.92. The lowest BCUT2D eigenvalue weighted by Crippen LogP contribution is -2.28. The Bertz CT molecular complexity index is 1250. The van der Waals surface area contributed by atoms with E-state index in [-0.39, 0.29) is 16.4 Å². The van der Waals surface area contributed by atoms with Crippen molar-refractivity contribution < 1.29 is 0 Å². The second-order valence-electron chi connectivity index (χ2n) is 6.88. The first-order valence-electron chi connectivity index (χ1n) is 9.35. The number of aryl methyl sites for hydroxylation is 2. The minimum absolute atomic E-state index is 0.199. The van der Waals surface area contributed by atoms with E-state index in [1.807, 2.05) is 66.2 Å². The summed E-state index contributed by atoms with van der Waals surface area (Å²) >= 11 is 0. The third-order valence-corrected chi connectivity index (χ3v) is 5.16. The van der Waals surface area contributed by atoms with Crippen LogP contribution >= 0.6 is 0 Å². The molecule has 2 heterocycles. The molecule has 0 unspecified atom stereocenters. The molecule has 0 amide bonds. The first-order valence-corrected chi connectivity index (χ1v) is 9.35. The maximum atomic E-state index is 13.5. The van der Waals surface area contributed by atoms with Crippen molar-refractivity contribution in [1.82, 2.24) is 9.13 Å². The molecule has 0 atom stereocenters. The molecule has 0 saturated heterocycles. The van der Waals surface area contributed by atoms with E-state index in [0.29, 0.717) is 10.9 Å². The van der Waals surface area contributed by atoms with Gasteiger partial charge in [-0.3, -0.25) is 14.2 Å². The minimum atomic E-state index is -0.240. The molecule has 4 aromatic rings. The van der Waals surface area contributed by atoms with Gasteiger partial charge in [0.15, 0.2) is 0 Å². The Labute approximate surface area is 157 Å². The molecule has 0 aliphatic heterocycles. The van der Waals surface area contributed by atoms with Crippen molar-refractivity contribution in [2.75, 3.05) is 0 Å². The van der Waals surface area contributed by atoms with Gasteiger partial charge in [-0.2, -0.15) is 0 Å². The fourth-order valence-electron chi connectivity index (χ4n) is 3.75. The van der Waals surface area contributed by atoms with Crippen molar-refractivity contribution in [3.63, 3.8) is 0 Å². The van der Waals surface area contributed by atoms with Crippen LogP contribution in [0, 0.1) is 0 Å². The fourth-order valence-corrected chi connectivity index (χ4v) is 3.75. The zero-order valence-corrected chi connectivity index (χ0v) is 15.6. The maximum Gasteiger partial charge on any atom is 0.268 e. The van der Waals surface area contributed by atoms with Gasteiger partial charge in [-0.15, -0.1) is 0 Å². The van der Waals surface area contributed by atoms with Crippen LogP contribution in [0.4, 0.5) is 0 Å². The number of hydrogen-bond donors (Lipinski definition) is 0. The predicted octanol–water partition coefficient (Wildman–Crippen LogP) is 4.19. The Hall–Kier alpha value is -3.14. The van der Waals surface area contributed by atoms with Gasteiger partial charge in [-0.25, -0.2) is 0 Å². The Morgan fingerprint density at radius 2 is 1.59 bits per heavy atom. The van der Waals surface area contributed by atoms with E-state index in [9.17, 15) is 9.59 Å². The van der Waals surface area contributed by atoms with Crippen LogP contribution in [0.3, 0.4) is 0 Å². The fraction of sp³-hybridized carbons (Fsp3) is 0.217. The average molecular weight is 358 g/mol. The van der Waals surface area contributed by atoms with Gasteiger partial charge in [0.05, 0.1) is 11.0 Å². The normalized spacial score (nSPS) is 11.3. The number of fused-ring (bicyclic) bond motifs is 2. The summed E-state index contributed by atoms with van der Waals surface area (Å²) in [5.41, 5.74) is 2.83. The van der Waals surface area contributed by atoms with Crippen molar-refractivity contribution in [3.05, 3.63) is 86.9 Å². The molecule has 27 heavy (non-hydrogen) atoms. The van der Waals surface area contributed by atoms with Crippen molar-refractivity contribution in [3.8, 4) is 5.69 Å². The summed E-state index contributed by atoms with van der Waals surface area (Å²) in [6, 6.07) is 19.0. The summed E-state index contributed by atoms with van der Waals surface area (Å²) in [4.78, 5) is 26.6. The summed E-state index contributed by atoms with van der Waals surface area (Å²) in [6.07, 6.45) is 2.81. The van der Waals surface area contributed by atoms with Gasteiger partial charge in [0.1, 0.15) is 5.39 Å². The topological polar surface area (TPSA) is 44.0 Å². The van der Waals surface area contributed by atoms with Gasteiger partial charge in [-0.05, 0) is 43.2 Å². The number of unbranched alkanes of at least 4 members (excludes halogenated alkanes) is 1. The number of rotatable bonds is 4. The molecule has 0 aliphatic rings. The Morgan fingerprint density at radius 3 is 2.33 bits per heavy atom. The predicted molar refractivity (Wildman–Crippen MR) is 111 cm³/mol. The van der Waals surface area contributed by atoms with Crippen LogP contribution in [0.25, 0.3) is 27.5 Å². The first-order chi connectivity index (χ1) is 13.1. The highest BCUT2D eigenvalue weighted by Crippen LogP contribution is 2.20. The SMILES string of the molecule is CCCCc1cc2c(c(=O)c3ccccc3n2C)c(=O)n1-c1ccccc1. The maximum absolute atomic E-state index is 13.5. The number of aromatic nitrogens is 2. The van der Waals surface area contributed by atoms with Crippen LogP contribution in [-0.4, -0.2) is 9.13 Å². The van der Waals surface area contributed by atoms with E-state index in [2.05, 4.69) is 6.92 Å². The van der Waals surface area contributed by atoms with E-state index >= 15 is 0 Å². The molecule has 2 aromatic heterocycles. The lowest BCUT2D eigenvalue weighted by molar-refractivity contribution is 0.746. The molecule has 136 valence electrons. The lowest BCUT2D eigenvalue weighted by Gasteiger charge is -2.17. The zero-order chi connectivity index (χ0) is 19.0. The van der Waals surface area contributed by atoms with E-state index in [1.54, 1.807) is 10.6 Å². The number of benzene rings is 2. The van der Waals surface area contributed by atoms with Crippen LogP contribution in [0.1, 0.15) is 25.5 Å². The molecule has 4 rings (SSSR count). The Kier molecular flexibility index (Phi) is 4.40. The summed E-state index contributed by atoms with van der Waals surface area (Å²) < 4.78 is 3.66. The van der Waals surface area contributed by atoms with Crippen molar-refractivity contribution in [2.45, 2.75) is 26.2 Å². The molecular weight excluding hydrogens is 336 g/mol. The molecule has 0 saturated carbocycles. The number of para-hydroxylation sites is 2. The smallest absolute Gasteiger partial charge is 0.268 e. The van der Waals surface area contributed by atoms with Crippen LogP contribution in [0.2, 0.25) is 0 Å². The molecule has 2 aromatic carbocycles. The van der Waals surface area contributed by atoms with Gasteiger partial charge in [0.25, 0.3) is 5.56 Å². The number of hydrogen-bond acceptors (Lipinski definition) is 2. The van der Waals surface area contributed by atoms with Crippen molar-refractivity contribution in [1.29, 1.82) is 0 Å². The third kappa shape index (κ3) is 2.78. The Morgan fingerprint density at radius 1 is 0.889 bits per heavy atom. The second-order valence-corrected chi connectivity index (χ2v) is 6.88. The highest BCUT2D eigenvalue weighted by Gasteiger charge is 2.17. The number of nitrogens with zero attached hydrogens (tertiary/aromatic N) is 2. The van der Waals surface area contributed by atoms with Crippen molar-refractivity contribution >= 4 is 21.8 Å². The number of pyridine rings is 2. The van der Waals surface area contributed by atoms with Crippen molar-refractivity contribution in [2.24, 2.45) is 7.05 Å². The highest BCUT2D eigenvalue weighted by molar-refractivity contribution is 5.93. The van der Waals surface area contributed by atoms with Crippen LogP contribution in [-0.2, 0) is 13.5 Å². The van der Waals surface area contributed by atoms with Crippen LogP contribution in [0.5, 0.6) is 0 Å². The van der Waals surface area contributed by atoms with Crippen LogP contribution < -0.4 is 11.0 Å². The monoisotopic (exact) mass is 358 g/mol. The van der Waals surface area contributed by atoms with Crippen LogP contribution in [0.15, 0.2) is 70.3 Å². The lowest BCUT2D eigenvalue weighted by atomic mass is 10.1. The molecule has 0 spiro atoms. The largest absolute Gasteiger partial charge is 0.343 e. The van der Waals surface area contributed by atoms with Gasteiger partial charge in [0.2, 0.25) is 5.43 Å². The van der Waals surface area contributed by atoms with Gasteiger partial charge < -0.3 is 4.57 Å². The summed E-state index contributed by atoms with van der Waals surface area (Å²) in [5, 5.41) is 0.825. The molecule has 0 N–H and O–H groups in total. The molecular formula is C23H22N2O2. The summed E-state index contributed by atoms with van der Waals surface area (Å²) in [6.45, 7) is 2.13. The van der Waals surface area contributed by atoms with E-state index in [4.69, 9.17) is 0 Å². The molecule has 0 fully saturated rings. The third-order valence-electron chi connectivity index (χ3n) is 5.16. The summed E-state index contributed by atoms with van der Waals surface area (Å²) in [5.74, 6) is 0. The molecule has 4 nitrogen and oxygen atoms in total. The molecule has 0 radical (unpaired) electrons. The Balaban J connectivity index is 2.18. The first kappa shape index (κ1) is 17.3. The second kappa shape index (κ2) is 6.88. The quantitative estimate of drug-likeness (QED) is 0.514. The molecule has 0 aliphatic carbocycles. The molecule has 0 bridgehead atoms. The standard InChI is InChI=1S/C23H22N2O2/c1-3-4-10-17-15-20-21(23(27)25(17)16-11-6-5-7-12-16)22(26)18-13-8-9-14-19(18)24(20)2/h5-9,11-15H,3-4,10H2,1-2H3. The van der Waals surface area contributed by atoms with Gasteiger partial charge >= 0.3 is 0 Å². The highest BCUT2D eigenvalue weighted by atomic mass is 16.1. The molecule has 4 heteroatoms. The van der Waals surface area contributed by atoms with Gasteiger partial charge in [0, 0.05) is 23.8 Å².